The average Bonchev–Trinajstić information content (AvgIpc) is 3.30. The molecule has 0 saturated carbocycles. The number of rotatable bonds is 4. The molecule has 1 aromatic carbocycles. The van der Waals surface area contributed by atoms with Crippen LogP contribution in [0.4, 0.5) is 0 Å². The smallest absolute Gasteiger partial charge is 0.119 e. The van der Waals surface area contributed by atoms with Gasteiger partial charge in [-0.3, -0.25) is 10.00 Å². The summed E-state index contributed by atoms with van der Waals surface area (Å²) in [6, 6.07) is 10.6. The van der Waals surface area contributed by atoms with E-state index in [1.165, 1.54) is 11.3 Å². The minimum atomic E-state index is 0.0399. The highest BCUT2D eigenvalue weighted by Crippen LogP contribution is 2.35. The molecule has 0 aliphatic carbocycles. The molecule has 0 spiro atoms. The Bertz CT molecular complexity index is 921. The number of fused-ring (bicyclic) bond motifs is 1. The van der Waals surface area contributed by atoms with Gasteiger partial charge in [0.2, 0.25) is 0 Å². The fourth-order valence-electron chi connectivity index (χ4n) is 3.72. The van der Waals surface area contributed by atoms with E-state index in [-0.39, 0.29) is 11.5 Å². The summed E-state index contributed by atoms with van der Waals surface area (Å²) < 4.78 is 5.45. The number of benzene rings is 1. The number of aromatic amines is 2. The van der Waals surface area contributed by atoms with Crippen molar-refractivity contribution in [2.24, 2.45) is 0 Å². The molecule has 0 fully saturated rings. The number of methoxy groups -OCH3 is 1. The van der Waals surface area contributed by atoms with Gasteiger partial charge in [-0.15, -0.1) is 0 Å². The van der Waals surface area contributed by atoms with Crippen LogP contribution in [0.15, 0.2) is 36.7 Å². The molecule has 0 bridgehead atoms. The summed E-state index contributed by atoms with van der Waals surface area (Å²) in [7, 11) is 1.70. The Labute approximate surface area is 160 Å². The Morgan fingerprint density at radius 3 is 2.85 bits per heavy atom. The van der Waals surface area contributed by atoms with Gasteiger partial charge in [0.1, 0.15) is 5.75 Å². The van der Waals surface area contributed by atoms with Crippen molar-refractivity contribution in [3.8, 4) is 5.75 Å². The first kappa shape index (κ1) is 17.8. The average molecular weight is 365 g/mol. The lowest BCUT2D eigenvalue weighted by atomic mass is 9.92. The molecule has 0 radical (unpaired) electrons. The lowest BCUT2D eigenvalue weighted by molar-refractivity contribution is 0.197. The molecule has 142 valence electrons. The van der Waals surface area contributed by atoms with Gasteiger partial charge in [0.15, 0.2) is 0 Å². The van der Waals surface area contributed by atoms with Crippen LogP contribution in [0.25, 0.3) is 0 Å². The van der Waals surface area contributed by atoms with Crippen LogP contribution in [-0.2, 0) is 18.4 Å². The second-order valence-electron chi connectivity index (χ2n) is 8.19. The normalized spacial score (nSPS) is 17.7. The zero-order valence-corrected chi connectivity index (χ0v) is 16.4. The van der Waals surface area contributed by atoms with Gasteiger partial charge in [0.25, 0.3) is 0 Å². The van der Waals surface area contributed by atoms with Crippen LogP contribution >= 0.6 is 0 Å². The number of ether oxygens (including phenoxy) is 1. The molecule has 4 rings (SSSR count). The van der Waals surface area contributed by atoms with E-state index in [2.05, 4.69) is 64.0 Å². The molecular formula is C21H27N5O. The maximum absolute atomic E-state index is 5.45. The van der Waals surface area contributed by atoms with E-state index in [0.717, 1.165) is 42.3 Å². The molecule has 3 aromatic rings. The Morgan fingerprint density at radius 1 is 1.26 bits per heavy atom. The fourth-order valence-corrected chi connectivity index (χ4v) is 3.72. The quantitative estimate of drug-likeness (QED) is 0.741. The van der Waals surface area contributed by atoms with E-state index >= 15 is 0 Å². The molecule has 6 nitrogen and oxygen atoms in total. The maximum atomic E-state index is 5.45. The monoisotopic (exact) mass is 365 g/mol. The first-order valence-electron chi connectivity index (χ1n) is 9.40. The Morgan fingerprint density at radius 2 is 2.11 bits per heavy atom. The number of nitrogens with one attached hydrogen (secondary N) is 2. The van der Waals surface area contributed by atoms with Crippen molar-refractivity contribution in [2.75, 3.05) is 13.7 Å². The number of nitrogens with zero attached hydrogens (tertiary/aromatic N) is 3. The molecule has 1 atom stereocenters. The van der Waals surface area contributed by atoms with Gasteiger partial charge in [0.05, 0.1) is 30.9 Å². The zero-order valence-electron chi connectivity index (χ0n) is 16.4. The van der Waals surface area contributed by atoms with Gasteiger partial charge in [-0.05, 0) is 23.8 Å². The number of H-pyrrole nitrogens is 2. The number of aromatic nitrogens is 4. The molecule has 3 heterocycles. The number of imidazole rings is 1. The van der Waals surface area contributed by atoms with Crippen LogP contribution in [-0.4, -0.2) is 38.7 Å². The van der Waals surface area contributed by atoms with Crippen molar-refractivity contribution in [1.29, 1.82) is 0 Å². The van der Waals surface area contributed by atoms with Crippen molar-refractivity contribution in [3.05, 3.63) is 65.0 Å². The first-order chi connectivity index (χ1) is 13.0. The van der Waals surface area contributed by atoms with Gasteiger partial charge in [-0.25, -0.2) is 4.98 Å². The molecule has 0 saturated heterocycles. The van der Waals surface area contributed by atoms with E-state index in [0.29, 0.717) is 0 Å². The SMILES string of the molecule is COc1cccc(C2c3nc[nH]c3CCN2Cc2cc(C(C)(C)C)n[nH]2)c1. The summed E-state index contributed by atoms with van der Waals surface area (Å²) in [6.07, 6.45) is 2.77. The third-order valence-corrected chi connectivity index (χ3v) is 5.21. The van der Waals surface area contributed by atoms with Gasteiger partial charge in [0, 0.05) is 36.3 Å². The first-order valence-corrected chi connectivity index (χ1v) is 9.40. The highest BCUT2D eigenvalue weighted by Gasteiger charge is 2.31. The molecule has 1 aliphatic rings. The summed E-state index contributed by atoms with van der Waals surface area (Å²) in [5.41, 5.74) is 5.78. The third-order valence-electron chi connectivity index (χ3n) is 5.21. The second kappa shape index (κ2) is 6.85. The van der Waals surface area contributed by atoms with Gasteiger partial charge < -0.3 is 9.72 Å². The van der Waals surface area contributed by atoms with Gasteiger partial charge in [-0.1, -0.05) is 32.9 Å². The van der Waals surface area contributed by atoms with Crippen LogP contribution in [0.5, 0.6) is 5.75 Å². The summed E-state index contributed by atoms with van der Waals surface area (Å²) >= 11 is 0. The van der Waals surface area contributed by atoms with E-state index < -0.39 is 0 Å². The van der Waals surface area contributed by atoms with Gasteiger partial charge in [-0.2, -0.15) is 5.10 Å². The minimum Gasteiger partial charge on any atom is -0.497 e. The van der Waals surface area contributed by atoms with Crippen LogP contribution in [0.3, 0.4) is 0 Å². The molecule has 1 aliphatic heterocycles. The van der Waals surface area contributed by atoms with Crippen LogP contribution in [0.2, 0.25) is 0 Å². The maximum Gasteiger partial charge on any atom is 0.119 e. The Balaban J connectivity index is 1.67. The Hall–Kier alpha value is -2.60. The summed E-state index contributed by atoms with van der Waals surface area (Å²) in [5, 5.41) is 7.75. The van der Waals surface area contributed by atoms with Crippen molar-refractivity contribution >= 4 is 0 Å². The lowest BCUT2D eigenvalue weighted by Gasteiger charge is -2.35. The van der Waals surface area contributed by atoms with E-state index in [1.54, 1.807) is 13.4 Å². The zero-order chi connectivity index (χ0) is 19.0. The van der Waals surface area contributed by atoms with Crippen LogP contribution < -0.4 is 4.74 Å². The highest BCUT2D eigenvalue weighted by molar-refractivity contribution is 5.37. The lowest BCUT2D eigenvalue weighted by Crippen LogP contribution is -2.36. The van der Waals surface area contributed by atoms with Crippen molar-refractivity contribution in [1.82, 2.24) is 25.1 Å². The fraction of sp³-hybridized carbons (Fsp3) is 0.429. The summed E-state index contributed by atoms with van der Waals surface area (Å²) in [4.78, 5) is 10.4. The topological polar surface area (TPSA) is 69.8 Å². The predicted molar refractivity (Wildman–Crippen MR) is 105 cm³/mol. The number of hydrogen-bond acceptors (Lipinski definition) is 4. The molecule has 2 aromatic heterocycles. The number of hydrogen-bond donors (Lipinski definition) is 2. The molecule has 27 heavy (non-hydrogen) atoms. The largest absolute Gasteiger partial charge is 0.497 e. The third kappa shape index (κ3) is 3.49. The highest BCUT2D eigenvalue weighted by atomic mass is 16.5. The van der Waals surface area contributed by atoms with Crippen LogP contribution in [0, 0.1) is 0 Å². The summed E-state index contributed by atoms with van der Waals surface area (Å²) in [6.45, 7) is 8.31. The predicted octanol–water partition coefficient (Wildman–Crippen LogP) is 3.59. The molecular weight excluding hydrogens is 338 g/mol. The van der Waals surface area contributed by atoms with E-state index in [1.807, 2.05) is 12.1 Å². The Kier molecular flexibility index (Phi) is 4.52. The van der Waals surface area contributed by atoms with E-state index in [4.69, 9.17) is 4.74 Å². The molecule has 2 N–H and O–H groups in total. The molecule has 0 amide bonds. The van der Waals surface area contributed by atoms with E-state index in [9.17, 15) is 0 Å². The standard InChI is InChI=1S/C21H27N5O/c1-21(2,3)18-11-15(24-25-18)12-26-9-8-17-19(23-13-22-17)20(26)14-6-5-7-16(10-14)27-4/h5-7,10-11,13,20H,8-9,12H2,1-4H3,(H,22,23)(H,24,25). The van der Waals surface area contributed by atoms with Crippen LogP contribution in [0.1, 0.15) is 55.2 Å². The van der Waals surface area contributed by atoms with Gasteiger partial charge >= 0.3 is 0 Å². The molecule has 6 heteroatoms. The minimum absolute atomic E-state index is 0.0399. The van der Waals surface area contributed by atoms with Crippen molar-refractivity contribution in [2.45, 2.75) is 45.2 Å². The second-order valence-corrected chi connectivity index (χ2v) is 8.19. The van der Waals surface area contributed by atoms with Crippen molar-refractivity contribution in [3.63, 3.8) is 0 Å². The molecule has 1 unspecified atom stereocenters. The summed E-state index contributed by atoms with van der Waals surface area (Å²) in [5.74, 6) is 0.867. The van der Waals surface area contributed by atoms with Crippen molar-refractivity contribution < 1.29 is 4.74 Å².